The second kappa shape index (κ2) is 12.1. The van der Waals surface area contributed by atoms with Crippen LogP contribution in [0.4, 0.5) is 61.5 Å². The average Bonchev–Trinajstić information content (AvgIpc) is 2.65. The quantitative estimate of drug-likeness (QED) is 0.162. The summed E-state index contributed by atoms with van der Waals surface area (Å²) in [6.07, 6.45) is -36.0. The minimum atomic E-state index is -6.92. The highest BCUT2D eigenvalue weighted by atomic mass is 32.2. The molecule has 0 heterocycles. The van der Waals surface area contributed by atoms with Gasteiger partial charge >= 0.3 is 30.7 Å². The van der Waals surface area contributed by atoms with Crippen LogP contribution in [0.15, 0.2) is 0 Å². The average molecular weight is 631 g/mol. The van der Waals surface area contributed by atoms with E-state index in [0.29, 0.717) is 0 Å². The number of quaternary nitrogens is 1. The van der Waals surface area contributed by atoms with Crippen LogP contribution < -0.4 is 4.72 Å². The highest BCUT2D eigenvalue weighted by Gasteiger charge is 2.75. The number of sulfonamides is 1. The van der Waals surface area contributed by atoms with Crippen LogP contribution in [0.25, 0.3) is 0 Å². The Bertz CT molecular complexity index is 858. The highest BCUT2D eigenvalue weighted by molar-refractivity contribution is 7.89. The lowest BCUT2D eigenvalue weighted by atomic mass is 9.81. The summed E-state index contributed by atoms with van der Waals surface area (Å²) in [6, 6.07) is 0. The fourth-order valence-corrected chi connectivity index (χ4v) is 4.67. The van der Waals surface area contributed by atoms with E-state index in [1.807, 2.05) is 0 Å². The largest absolute Gasteiger partial charge is 0.477 e. The van der Waals surface area contributed by atoms with Crippen LogP contribution in [0.2, 0.25) is 0 Å². The molecule has 21 heteroatoms. The zero-order valence-corrected chi connectivity index (χ0v) is 20.9. The predicted molar refractivity (Wildman–Crippen MR) is 105 cm³/mol. The zero-order valence-electron chi connectivity index (χ0n) is 20.1. The third-order valence-corrected chi connectivity index (χ3v) is 6.97. The lowest BCUT2D eigenvalue weighted by molar-refractivity contribution is -0.883. The van der Waals surface area contributed by atoms with Gasteiger partial charge in [-0.15, -0.1) is 0 Å². The number of carboxylic acids is 1. The Labute approximate surface area is 212 Å². The molecule has 0 aliphatic rings. The molecule has 0 aromatic carbocycles. The molecule has 0 aromatic heterocycles. The van der Waals surface area contributed by atoms with Crippen molar-refractivity contribution in [2.45, 2.75) is 61.7 Å². The smallest absolute Gasteiger partial charge is 0.431 e. The van der Waals surface area contributed by atoms with Crippen molar-refractivity contribution in [2.75, 3.05) is 39.5 Å². The maximum Gasteiger partial charge on any atom is 0.431 e. The molecular formula is C18H25F14N2O4S+. The SMILES string of the molecule is C[N+](C)(CCCNS(=O)(=O)CCC(CC(F)(C(F)(F)F)C(F)(F)F)CC(F)(C(F)(F)F)C(F)(F)F)CC(=O)O. The molecule has 0 fully saturated rings. The summed E-state index contributed by atoms with van der Waals surface area (Å²) < 4.78 is 209. The van der Waals surface area contributed by atoms with E-state index in [9.17, 15) is 74.7 Å². The maximum atomic E-state index is 14.2. The summed E-state index contributed by atoms with van der Waals surface area (Å²) in [7, 11) is -1.98. The third-order valence-electron chi connectivity index (χ3n) is 5.56. The Morgan fingerprint density at radius 2 is 1.13 bits per heavy atom. The van der Waals surface area contributed by atoms with Crippen LogP contribution in [0, 0.1) is 5.92 Å². The van der Waals surface area contributed by atoms with Crippen LogP contribution in [-0.2, 0) is 14.8 Å². The summed E-state index contributed by atoms with van der Waals surface area (Å²) in [5.74, 6) is -6.30. The molecule has 6 nitrogen and oxygen atoms in total. The maximum absolute atomic E-state index is 14.2. The standard InChI is InChI=1S/C18H24F14N2O4S/c1-34(2,10-12(35)36)6-3-5-33-39(37,38)7-4-11(8-13(19,15(21,22)23)16(24,25)26)9-14(20,17(27,28)29)18(30,31)32/h11,33H,3-10H2,1-2H3/p+1. The molecule has 39 heavy (non-hydrogen) atoms. The van der Waals surface area contributed by atoms with Gasteiger partial charge in [-0.25, -0.2) is 26.7 Å². The second-order valence-corrected chi connectivity index (χ2v) is 11.4. The molecule has 0 aromatic rings. The van der Waals surface area contributed by atoms with Gasteiger partial charge in [0.15, 0.2) is 6.54 Å². The molecular weight excluding hydrogens is 606 g/mol. The summed E-state index contributed by atoms with van der Waals surface area (Å²) in [5, 5.41) is 8.76. The molecule has 0 aliphatic heterocycles. The van der Waals surface area contributed by atoms with Crippen molar-refractivity contribution in [3.63, 3.8) is 0 Å². The van der Waals surface area contributed by atoms with Crippen molar-refractivity contribution in [1.82, 2.24) is 4.72 Å². The van der Waals surface area contributed by atoms with Gasteiger partial charge in [0.2, 0.25) is 10.0 Å². The van der Waals surface area contributed by atoms with Gasteiger partial charge in [0.25, 0.3) is 11.3 Å². The lowest BCUT2D eigenvalue weighted by Gasteiger charge is -2.37. The molecule has 2 N–H and O–H groups in total. The van der Waals surface area contributed by atoms with Gasteiger partial charge in [-0.3, -0.25) is 0 Å². The van der Waals surface area contributed by atoms with Crippen molar-refractivity contribution in [1.29, 1.82) is 0 Å². The van der Waals surface area contributed by atoms with Gasteiger partial charge in [0.05, 0.1) is 26.4 Å². The number of hydrogen-bond donors (Lipinski definition) is 2. The molecule has 0 bridgehead atoms. The van der Waals surface area contributed by atoms with Crippen molar-refractivity contribution >= 4 is 16.0 Å². The van der Waals surface area contributed by atoms with Crippen molar-refractivity contribution in [2.24, 2.45) is 5.92 Å². The molecule has 0 atom stereocenters. The number of rotatable bonds is 14. The molecule has 0 rings (SSSR count). The fourth-order valence-electron chi connectivity index (χ4n) is 3.43. The normalized spacial score (nSPS) is 15.2. The molecule has 0 amide bonds. The van der Waals surface area contributed by atoms with E-state index in [0.717, 1.165) is 0 Å². The minimum absolute atomic E-state index is 0.000514. The molecule has 0 saturated carbocycles. The van der Waals surface area contributed by atoms with E-state index in [2.05, 4.69) is 0 Å². The summed E-state index contributed by atoms with van der Waals surface area (Å²) in [6.45, 7) is -0.952. The van der Waals surface area contributed by atoms with Gasteiger partial charge < -0.3 is 9.59 Å². The van der Waals surface area contributed by atoms with E-state index < -0.39 is 96.1 Å². The van der Waals surface area contributed by atoms with E-state index in [1.165, 1.54) is 14.1 Å². The number of likely N-dealkylation sites (N-methyl/N-ethyl adjacent to an activating group) is 1. The number of halogens is 14. The van der Waals surface area contributed by atoms with Crippen LogP contribution in [0.5, 0.6) is 0 Å². The first-order valence-electron chi connectivity index (χ1n) is 10.6. The Hall–Kier alpha value is -1.64. The number of aliphatic carboxylic acids is 1. The minimum Gasteiger partial charge on any atom is -0.477 e. The van der Waals surface area contributed by atoms with Crippen LogP contribution in [0.3, 0.4) is 0 Å². The number of nitrogens with zero attached hydrogens (tertiary/aromatic N) is 1. The summed E-state index contributed by atoms with van der Waals surface area (Å²) in [4.78, 5) is 10.7. The topological polar surface area (TPSA) is 83.5 Å². The van der Waals surface area contributed by atoms with Crippen LogP contribution in [-0.4, -0.2) is 99.5 Å². The Balaban J connectivity index is 5.99. The van der Waals surface area contributed by atoms with Gasteiger partial charge in [-0.2, -0.15) is 52.7 Å². The van der Waals surface area contributed by atoms with Crippen LogP contribution >= 0.6 is 0 Å². The van der Waals surface area contributed by atoms with Gasteiger partial charge in [0.1, 0.15) is 0 Å². The molecule has 0 unspecified atom stereocenters. The molecule has 234 valence electrons. The molecule has 0 radical (unpaired) electrons. The summed E-state index contributed by atoms with van der Waals surface area (Å²) in [5.41, 5.74) is -12.8. The molecule has 0 saturated heterocycles. The van der Waals surface area contributed by atoms with Gasteiger partial charge in [-0.05, 0) is 12.3 Å². The third kappa shape index (κ3) is 10.4. The van der Waals surface area contributed by atoms with Crippen molar-refractivity contribution in [3.05, 3.63) is 0 Å². The number of hydrogen-bond acceptors (Lipinski definition) is 3. The fraction of sp³-hybridized carbons (Fsp3) is 0.944. The first-order chi connectivity index (χ1) is 16.9. The lowest BCUT2D eigenvalue weighted by Crippen LogP contribution is -2.57. The van der Waals surface area contributed by atoms with E-state index in [4.69, 9.17) is 5.11 Å². The number of alkyl halides is 14. The van der Waals surface area contributed by atoms with Crippen molar-refractivity contribution in [3.8, 4) is 0 Å². The van der Waals surface area contributed by atoms with Gasteiger partial charge in [-0.1, -0.05) is 0 Å². The molecule has 0 spiro atoms. The van der Waals surface area contributed by atoms with E-state index in [1.54, 1.807) is 4.72 Å². The van der Waals surface area contributed by atoms with Gasteiger partial charge in [0, 0.05) is 25.8 Å². The predicted octanol–water partition coefficient (Wildman–Crippen LogP) is 4.91. The second-order valence-electron chi connectivity index (χ2n) is 9.43. The first-order valence-corrected chi connectivity index (χ1v) is 12.2. The highest BCUT2D eigenvalue weighted by Crippen LogP contribution is 2.54. The monoisotopic (exact) mass is 631 g/mol. The Kier molecular flexibility index (Phi) is 11.6. The number of carbonyl (C=O) groups is 1. The van der Waals surface area contributed by atoms with E-state index >= 15 is 0 Å². The van der Waals surface area contributed by atoms with Crippen LogP contribution in [0.1, 0.15) is 25.7 Å². The number of carboxylic acid groups (broad SMARTS) is 1. The summed E-state index contributed by atoms with van der Waals surface area (Å²) >= 11 is 0. The zero-order chi connectivity index (χ0) is 31.5. The molecule has 0 aliphatic carbocycles. The Morgan fingerprint density at radius 3 is 1.44 bits per heavy atom. The van der Waals surface area contributed by atoms with Crippen molar-refractivity contribution < 1.29 is 84.3 Å². The van der Waals surface area contributed by atoms with E-state index in [-0.39, 0.29) is 17.4 Å². The first kappa shape index (κ1) is 37.4. The Morgan fingerprint density at radius 1 is 0.769 bits per heavy atom. The number of nitrogens with one attached hydrogen (secondary N) is 1.